The van der Waals surface area contributed by atoms with Crippen LogP contribution in [0.2, 0.25) is 5.02 Å². The Labute approximate surface area is 158 Å². The molecule has 0 saturated carbocycles. The number of rotatable bonds is 8. The fourth-order valence-electron chi connectivity index (χ4n) is 2.23. The van der Waals surface area contributed by atoms with E-state index in [0.717, 1.165) is 11.1 Å². The Morgan fingerprint density at radius 1 is 1.08 bits per heavy atom. The van der Waals surface area contributed by atoms with Crippen LogP contribution >= 0.6 is 11.6 Å². The number of carbonyl (C=O) groups is 2. The van der Waals surface area contributed by atoms with Crippen LogP contribution in [-0.4, -0.2) is 25.1 Å². The molecule has 0 aliphatic rings. The van der Waals surface area contributed by atoms with E-state index in [-0.39, 0.29) is 18.9 Å². The quantitative estimate of drug-likeness (QED) is 0.552. The van der Waals surface area contributed by atoms with Gasteiger partial charge in [0.1, 0.15) is 5.75 Å². The Balaban J connectivity index is 1.63. The highest BCUT2D eigenvalue weighted by Crippen LogP contribution is 2.21. The Bertz CT molecular complexity index is 776. The third-order valence-electron chi connectivity index (χ3n) is 3.71. The first kappa shape index (κ1) is 19.8. The molecular weight excluding hydrogens is 354 g/mol. The van der Waals surface area contributed by atoms with Gasteiger partial charge in [-0.1, -0.05) is 29.8 Å². The molecule has 0 atom stereocenters. The summed E-state index contributed by atoms with van der Waals surface area (Å²) in [4.78, 5) is 23.5. The molecule has 1 amide bonds. The second kappa shape index (κ2) is 9.82. The maximum Gasteiger partial charge on any atom is 0.306 e. The van der Waals surface area contributed by atoms with Gasteiger partial charge in [-0.2, -0.15) is 0 Å². The number of ether oxygens (including phenoxy) is 2. The van der Waals surface area contributed by atoms with Crippen LogP contribution in [0.5, 0.6) is 5.75 Å². The van der Waals surface area contributed by atoms with Crippen LogP contribution in [0.25, 0.3) is 0 Å². The highest BCUT2D eigenvalue weighted by atomic mass is 35.5. The zero-order valence-corrected chi connectivity index (χ0v) is 15.6. The van der Waals surface area contributed by atoms with Crippen LogP contribution in [0.1, 0.15) is 24.0 Å². The second-order valence-corrected chi connectivity index (χ2v) is 6.29. The van der Waals surface area contributed by atoms with Gasteiger partial charge < -0.3 is 14.8 Å². The number of hydrogen-bond donors (Lipinski definition) is 1. The summed E-state index contributed by atoms with van der Waals surface area (Å²) in [5.41, 5.74) is 2.59. The molecule has 0 aliphatic heterocycles. The average Bonchev–Trinajstić information content (AvgIpc) is 2.62. The van der Waals surface area contributed by atoms with Crippen molar-refractivity contribution in [3.8, 4) is 5.75 Å². The Hall–Kier alpha value is -2.53. The zero-order chi connectivity index (χ0) is 18.9. The van der Waals surface area contributed by atoms with E-state index < -0.39 is 5.97 Å². The summed E-state index contributed by atoms with van der Waals surface area (Å²) in [6.07, 6.45) is 0.685. The van der Waals surface area contributed by atoms with Crippen LogP contribution in [0.15, 0.2) is 42.5 Å². The van der Waals surface area contributed by atoms with Crippen molar-refractivity contribution < 1.29 is 19.1 Å². The number of anilines is 1. The largest absolute Gasteiger partial charge is 0.494 e. The van der Waals surface area contributed by atoms with Gasteiger partial charge in [0.15, 0.2) is 6.61 Å². The summed E-state index contributed by atoms with van der Waals surface area (Å²) in [6, 6.07) is 12.8. The first-order valence-corrected chi connectivity index (χ1v) is 8.73. The number of carbonyl (C=O) groups excluding carboxylic acids is 2. The van der Waals surface area contributed by atoms with Gasteiger partial charge in [0, 0.05) is 17.1 Å². The number of nitrogens with one attached hydrogen (secondary N) is 1. The molecule has 0 bridgehead atoms. The molecule has 0 saturated heterocycles. The van der Waals surface area contributed by atoms with E-state index >= 15 is 0 Å². The molecule has 6 heteroatoms. The normalized spacial score (nSPS) is 10.3. The molecule has 2 rings (SSSR count). The summed E-state index contributed by atoms with van der Waals surface area (Å²) in [5, 5.41) is 3.40. The van der Waals surface area contributed by atoms with Gasteiger partial charge in [-0.15, -0.1) is 0 Å². The van der Waals surface area contributed by atoms with Gasteiger partial charge in [-0.25, -0.2) is 0 Å². The predicted molar refractivity (Wildman–Crippen MR) is 102 cm³/mol. The monoisotopic (exact) mass is 375 g/mol. The summed E-state index contributed by atoms with van der Waals surface area (Å²) in [5.74, 6) is -0.0840. The lowest BCUT2D eigenvalue weighted by atomic mass is 10.2. The highest BCUT2D eigenvalue weighted by molar-refractivity contribution is 6.31. The SMILES string of the molecule is Cc1cc(OCCCC(=O)OCC(=O)Nc2ccccc2C)ccc1Cl. The van der Waals surface area contributed by atoms with E-state index in [4.69, 9.17) is 21.1 Å². The fraction of sp³-hybridized carbons (Fsp3) is 0.300. The number of halogens is 1. The predicted octanol–water partition coefficient (Wildman–Crippen LogP) is 4.30. The van der Waals surface area contributed by atoms with Crippen LogP contribution in [0.4, 0.5) is 5.69 Å². The van der Waals surface area contributed by atoms with Crippen LogP contribution in [0.3, 0.4) is 0 Å². The fourth-order valence-corrected chi connectivity index (χ4v) is 2.35. The van der Waals surface area contributed by atoms with Crippen molar-refractivity contribution in [2.24, 2.45) is 0 Å². The lowest BCUT2D eigenvalue weighted by Crippen LogP contribution is -2.21. The first-order valence-electron chi connectivity index (χ1n) is 8.36. The second-order valence-electron chi connectivity index (χ2n) is 5.89. The van der Waals surface area contributed by atoms with Crippen molar-refractivity contribution >= 4 is 29.2 Å². The third-order valence-corrected chi connectivity index (χ3v) is 4.13. The lowest BCUT2D eigenvalue weighted by Gasteiger charge is -2.09. The van der Waals surface area contributed by atoms with Crippen LogP contribution < -0.4 is 10.1 Å². The summed E-state index contributed by atoms with van der Waals surface area (Å²) >= 11 is 5.95. The van der Waals surface area contributed by atoms with E-state index in [2.05, 4.69) is 5.32 Å². The van der Waals surface area contributed by atoms with Gasteiger partial charge in [0.05, 0.1) is 6.61 Å². The summed E-state index contributed by atoms with van der Waals surface area (Å²) in [6.45, 7) is 3.87. The molecule has 0 radical (unpaired) electrons. The number of aryl methyl sites for hydroxylation is 2. The summed E-state index contributed by atoms with van der Waals surface area (Å²) in [7, 11) is 0. The number of esters is 1. The smallest absolute Gasteiger partial charge is 0.306 e. The van der Waals surface area contributed by atoms with Gasteiger partial charge >= 0.3 is 5.97 Å². The highest BCUT2D eigenvalue weighted by Gasteiger charge is 2.09. The van der Waals surface area contributed by atoms with Crippen LogP contribution in [0, 0.1) is 13.8 Å². The van der Waals surface area contributed by atoms with Gasteiger partial charge in [-0.05, 0) is 55.7 Å². The molecule has 26 heavy (non-hydrogen) atoms. The molecule has 0 heterocycles. The zero-order valence-electron chi connectivity index (χ0n) is 14.9. The van der Waals surface area contributed by atoms with E-state index in [1.165, 1.54) is 0 Å². The molecule has 0 unspecified atom stereocenters. The standard InChI is InChI=1S/C20H22ClNO4/c1-14-6-3-4-7-18(14)22-19(23)13-26-20(24)8-5-11-25-16-9-10-17(21)15(2)12-16/h3-4,6-7,9-10,12H,5,8,11,13H2,1-2H3,(H,22,23). The van der Waals surface area contributed by atoms with E-state index in [0.29, 0.717) is 29.5 Å². The molecule has 2 aromatic carbocycles. The Morgan fingerprint density at radius 3 is 2.58 bits per heavy atom. The number of amides is 1. The molecule has 2 aromatic rings. The number of benzene rings is 2. The molecule has 0 spiro atoms. The number of para-hydroxylation sites is 1. The minimum atomic E-state index is -0.430. The van der Waals surface area contributed by atoms with Crippen LogP contribution in [-0.2, 0) is 14.3 Å². The average molecular weight is 376 g/mol. The topological polar surface area (TPSA) is 64.6 Å². The van der Waals surface area contributed by atoms with Gasteiger partial charge in [-0.3, -0.25) is 9.59 Å². The van der Waals surface area contributed by atoms with Crippen molar-refractivity contribution in [3.63, 3.8) is 0 Å². The van der Waals surface area contributed by atoms with E-state index in [1.54, 1.807) is 18.2 Å². The van der Waals surface area contributed by atoms with Crippen molar-refractivity contribution in [1.82, 2.24) is 0 Å². The lowest BCUT2D eigenvalue weighted by molar-refractivity contribution is -0.147. The minimum Gasteiger partial charge on any atom is -0.494 e. The van der Waals surface area contributed by atoms with Crippen molar-refractivity contribution in [2.75, 3.05) is 18.5 Å². The third kappa shape index (κ3) is 6.41. The van der Waals surface area contributed by atoms with Gasteiger partial charge in [0.25, 0.3) is 5.91 Å². The van der Waals surface area contributed by atoms with E-state index in [9.17, 15) is 9.59 Å². The molecular formula is C20H22ClNO4. The molecule has 0 fully saturated rings. The Morgan fingerprint density at radius 2 is 1.85 bits per heavy atom. The van der Waals surface area contributed by atoms with Crippen molar-refractivity contribution in [3.05, 3.63) is 58.6 Å². The minimum absolute atomic E-state index is 0.185. The first-order chi connectivity index (χ1) is 12.5. The molecule has 1 N–H and O–H groups in total. The van der Waals surface area contributed by atoms with E-state index in [1.807, 2.05) is 38.1 Å². The number of hydrogen-bond acceptors (Lipinski definition) is 4. The maximum atomic E-state index is 11.8. The van der Waals surface area contributed by atoms with Gasteiger partial charge in [0.2, 0.25) is 0 Å². The van der Waals surface area contributed by atoms with Crippen molar-refractivity contribution in [1.29, 1.82) is 0 Å². The van der Waals surface area contributed by atoms with Crippen molar-refractivity contribution in [2.45, 2.75) is 26.7 Å². The molecule has 5 nitrogen and oxygen atoms in total. The maximum absolute atomic E-state index is 11.8. The Kier molecular flexibility index (Phi) is 7.48. The molecule has 0 aromatic heterocycles. The molecule has 0 aliphatic carbocycles. The summed E-state index contributed by atoms with van der Waals surface area (Å²) < 4.78 is 10.5. The molecule has 138 valence electrons.